The Morgan fingerprint density at radius 1 is 1.15 bits per heavy atom. The van der Waals surface area contributed by atoms with Gasteiger partial charge in [-0.05, 0) is 67.0 Å². The third-order valence-electron chi connectivity index (χ3n) is 5.43. The summed E-state index contributed by atoms with van der Waals surface area (Å²) in [6.07, 6.45) is 7.02. The lowest BCUT2D eigenvalue weighted by molar-refractivity contribution is 0.295. The number of anilines is 2. The molecule has 2 aromatic rings. The molecule has 1 heterocycles. The van der Waals surface area contributed by atoms with Crippen LogP contribution < -0.4 is 4.90 Å². The summed E-state index contributed by atoms with van der Waals surface area (Å²) in [7, 11) is 0. The molecule has 0 saturated carbocycles. The van der Waals surface area contributed by atoms with Gasteiger partial charge in [0, 0.05) is 27.8 Å². The van der Waals surface area contributed by atoms with E-state index < -0.39 is 0 Å². The number of hydrogen-bond donors (Lipinski definition) is 0. The van der Waals surface area contributed by atoms with Crippen molar-refractivity contribution in [2.75, 3.05) is 23.5 Å². The zero-order valence-corrected chi connectivity index (χ0v) is 17.6. The third kappa shape index (κ3) is 4.23. The maximum atomic E-state index is 13.5. The van der Waals surface area contributed by atoms with Gasteiger partial charge in [0.25, 0.3) is 0 Å². The van der Waals surface area contributed by atoms with Crippen LogP contribution in [0.3, 0.4) is 0 Å². The van der Waals surface area contributed by atoms with Crippen molar-refractivity contribution < 1.29 is 4.39 Å². The van der Waals surface area contributed by atoms with Gasteiger partial charge in [0.1, 0.15) is 5.82 Å². The second-order valence-corrected chi connectivity index (χ2v) is 9.04. The van der Waals surface area contributed by atoms with Crippen molar-refractivity contribution in [1.82, 2.24) is 0 Å². The fourth-order valence-electron chi connectivity index (χ4n) is 3.60. The number of nitrogens with zero attached hydrogens (tertiary/aromatic N) is 1. The number of fused-ring (bicyclic) bond motifs is 1. The Kier molecular flexibility index (Phi) is 6.57. The fourth-order valence-corrected chi connectivity index (χ4v) is 5.42. The van der Waals surface area contributed by atoms with E-state index in [-0.39, 0.29) is 11.2 Å². The molecule has 0 amide bonds. The second kappa shape index (κ2) is 8.71. The standard InChI is InChI=1S/C22H28FNS2/c1-4-6-13-22(5-2)15-24(18-9-7-17(23)8-10-18)20-14-19(25-3)11-12-21(20)26-16-22/h7-12,14H,4-6,13,15-16H2,1-3H3. The summed E-state index contributed by atoms with van der Waals surface area (Å²) in [6.45, 7) is 5.58. The molecule has 1 aliphatic rings. The molecule has 2 aromatic carbocycles. The van der Waals surface area contributed by atoms with Crippen molar-refractivity contribution in [2.45, 2.75) is 49.3 Å². The fraction of sp³-hybridized carbons (Fsp3) is 0.455. The van der Waals surface area contributed by atoms with E-state index >= 15 is 0 Å². The average Bonchev–Trinajstić information content (AvgIpc) is 2.84. The quantitative estimate of drug-likeness (QED) is 0.475. The predicted octanol–water partition coefficient (Wildman–Crippen LogP) is 7.38. The van der Waals surface area contributed by atoms with Crippen LogP contribution in [0.2, 0.25) is 0 Å². The first-order valence-electron chi connectivity index (χ1n) is 9.45. The van der Waals surface area contributed by atoms with E-state index in [9.17, 15) is 4.39 Å². The first-order valence-corrected chi connectivity index (χ1v) is 11.7. The number of thioether (sulfide) groups is 2. The van der Waals surface area contributed by atoms with E-state index in [1.54, 1.807) is 23.9 Å². The molecule has 4 heteroatoms. The summed E-state index contributed by atoms with van der Waals surface area (Å²) >= 11 is 3.76. The highest BCUT2D eigenvalue weighted by Crippen LogP contribution is 2.47. The van der Waals surface area contributed by atoms with Gasteiger partial charge in [-0.15, -0.1) is 23.5 Å². The van der Waals surface area contributed by atoms with Crippen LogP contribution in [-0.4, -0.2) is 18.6 Å². The van der Waals surface area contributed by atoms with E-state index in [0.717, 1.165) is 18.0 Å². The summed E-state index contributed by atoms with van der Waals surface area (Å²) < 4.78 is 13.5. The van der Waals surface area contributed by atoms with Gasteiger partial charge in [-0.3, -0.25) is 0 Å². The molecule has 26 heavy (non-hydrogen) atoms. The summed E-state index contributed by atoms with van der Waals surface area (Å²) in [5.41, 5.74) is 2.64. The highest BCUT2D eigenvalue weighted by molar-refractivity contribution is 7.99. The van der Waals surface area contributed by atoms with Crippen molar-refractivity contribution in [3.05, 3.63) is 48.3 Å². The predicted molar refractivity (Wildman–Crippen MR) is 115 cm³/mol. The Labute approximate surface area is 165 Å². The van der Waals surface area contributed by atoms with Crippen LogP contribution in [0.1, 0.15) is 39.5 Å². The number of halogens is 1. The molecule has 1 atom stereocenters. The molecule has 0 fully saturated rings. The van der Waals surface area contributed by atoms with Gasteiger partial charge in [-0.25, -0.2) is 4.39 Å². The lowest BCUT2D eigenvalue weighted by Gasteiger charge is -2.36. The molecule has 0 aliphatic carbocycles. The highest BCUT2D eigenvalue weighted by atomic mass is 32.2. The van der Waals surface area contributed by atoms with Crippen molar-refractivity contribution in [3.63, 3.8) is 0 Å². The van der Waals surface area contributed by atoms with E-state index in [1.807, 2.05) is 23.9 Å². The molecule has 3 rings (SSSR count). The zero-order valence-electron chi connectivity index (χ0n) is 15.9. The van der Waals surface area contributed by atoms with Crippen LogP contribution in [0.15, 0.2) is 52.3 Å². The maximum absolute atomic E-state index is 13.5. The van der Waals surface area contributed by atoms with Gasteiger partial charge < -0.3 is 4.90 Å². The van der Waals surface area contributed by atoms with E-state index in [2.05, 4.69) is 43.2 Å². The van der Waals surface area contributed by atoms with Crippen molar-refractivity contribution in [3.8, 4) is 0 Å². The van der Waals surface area contributed by atoms with E-state index in [4.69, 9.17) is 0 Å². The van der Waals surface area contributed by atoms with Gasteiger partial charge in [0.05, 0.1) is 5.69 Å². The number of rotatable bonds is 6. The largest absolute Gasteiger partial charge is 0.340 e. The lowest BCUT2D eigenvalue weighted by atomic mass is 9.81. The Hall–Kier alpha value is -1.13. The number of benzene rings is 2. The summed E-state index contributed by atoms with van der Waals surface area (Å²) in [4.78, 5) is 5.03. The van der Waals surface area contributed by atoms with Crippen molar-refractivity contribution in [1.29, 1.82) is 0 Å². The third-order valence-corrected chi connectivity index (χ3v) is 7.57. The van der Waals surface area contributed by atoms with Crippen molar-refractivity contribution in [2.24, 2.45) is 5.41 Å². The molecule has 0 N–H and O–H groups in total. The minimum absolute atomic E-state index is 0.177. The highest BCUT2D eigenvalue weighted by Gasteiger charge is 2.34. The first-order chi connectivity index (χ1) is 12.6. The van der Waals surface area contributed by atoms with Crippen LogP contribution >= 0.6 is 23.5 Å². The molecule has 1 unspecified atom stereocenters. The lowest BCUT2D eigenvalue weighted by Crippen LogP contribution is -2.36. The van der Waals surface area contributed by atoms with Gasteiger partial charge in [-0.2, -0.15) is 0 Å². The Morgan fingerprint density at radius 3 is 2.58 bits per heavy atom. The average molecular weight is 390 g/mol. The molecule has 0 bridgehead atoms. The zero-order chi connectivity index (χ0) is 18.6. The summed E-state index contributed by atoms with van der Waals surface area (Å²) in [5, 5.41) is 0. The van der Waals surface area contributed by atoms with Crippen LogP contribution in [-0.2, 0) is 0 Å². The molecule has 0 radical (unpaired) electrons. The van der Waals surface area contributed by atoms with Gasteiger partial charge in [0.2, 0.25) is 0 Å². The minimum atomic E-state index is -0.177. The topological polar surface area (TPSA) is 3.24 Å². The molecule has 1 aliphatic heterocycles. The van der Waals surface area contributed by atoms with Crippen molar-refractivity contribution >= 4 is 34.9 Å². The molecule has 0 spiro atoms. The van der Waals surface area contributed by atoms with E-state index in [1.165, 1.54) is 41.2 Å². The van der Waals surface area contributed by atoms with Crippen LogP contribution in [0.25, 0.3) is 0 Å². The summed E-state index contributed by atoms with van der Waals surface area (Å²) in [6, 6.07) is 13.7. The molecular formula is C22H28FNS2. The minimum Gasteiger partial charge on any atom is -0.340 e. The van der Waals surface area contributed by atoms with Gasteiger partial charge >= 0.3 is 0 Å². The molecule has 0 aromatic heterocycles. The maximum Gasteiger partial charge on any atom is 0.123 e. The normalized spacial score (nSPS) is 19.9. The molecular weight excluding hydrogens is 361 g/mol. The smallest absolute Gasteiger partial charge is 0.123 e. The Bertz CT molecular complexity index is 731. The first kappa shape index (κ1) is 19.6. The van der Waals surface area contributed by atoms with Crippen LogP contribution in [0, 0.1) is 11.2 Å². The van der Waals surface area contributed by atoms with Crippen LogP contribution in [0.4, 0.5) is 15.8 Å². The number of hydrogen-bond acceptors (Lipinski definition) is 3. The molecule has 140 valence electrons. The molecule has 0 saturated heterocycles. The Morgan fingerprint density at radius 2 is 1.92 bits per heavy atom. The number of unbranched alkanes of at least 4 members (excludes halogenated alkanes) is 1. The van der Waals surface area contributed by atoms with Gasteiger partial charge in [-0.1, -0.05) is 26.7 Å². The second-order valence-electron chi connectivity index (χ2n) is 7.14. The summed E-state index contributed by atoms with van der Waals surface area (Å²) in [5.74, 6) is 0.969. The SMILES string of the molecule is CCCCC1(CC)CSc2ccc(SC)cc2N(c2ccc(F)cc2)C1. The van der Waals surface area contributed by atoms with E-state index in [0.29, 0.717) is 0 Å². The molecule has 1 nitrogen and oxygen atoms in total. The monoisotopic (exact) mass is 389 g/mol. The Balaban J connectivity index is 2.06. The van der Waals surface area contributed by atoms with Gasteiger partial charge in [0.15, 0.2) is 0 Å². The van der Waals surface area contributed by atoms with Crippen LogP contribution in [0.5, 0.6) is 0 Å².